The van der Waals surface area contributed by atoms with Crippen molar-refractivity contribution in [1.29, 1.82) is 0 Å². The maximum absolute atomic E-state index is 5.49. The van der Waals surface area contributed by atoms with Crippen molar-refractivity contribution in [3.63, 3.8) is 0 Å². The lowest BCUT2D eigenvalue weighted by Gasteiger charge is -2.06. The highest BCUT2D eigenvalue weighted by atomic mass is 15.1. The Labute approximate surface area is 60.9 Å². The van der Waals surface area contributed by atoms with Crippen molar-refractivity contribution in [1.82, 2.24) is 9.55 Å². The van der Waals surface area contributed by atoms with Gasteiger partial charge >= 0.3 is 0 Å². The van der Waals surface area contributed by atoms with Gasteiger partial charge in [-0.3, -0.25) is 0 Å². The van der Waals surface area contributed by atoms with Crippen LogP contribution in [0, 0.1) is 6.92 Å². The number of nitrogen functional groups attached to an aromatic ring is 1. The maximum atomic E-state index is 5.49. The van der Waals surface area contributed by atoms with Crippen molar-refractivity contribution in [2.24, 2.45) is 0 Å². The monoisotopic (exact) mass is 139 g/mol. The van der Waals surface area contributed by atoms with Crippen molar-refractivity contribution in [3.05, 3.63) is 12.0 Å². The summed E-state index contributed by atoms with van der Waals surface area (Å²) in [4.78, 5) is 4.07. The van der Waals surface area contributed by atoms with E-state index in [4.69, 9.17) is 5.73 Å². The Bertz CT molecular complexity index is 225. The number of aryl methyl sites for hydroxylation is 1. The van der Waals surface area contributed by atoms with E-state index in [1.54, 1.807) is 0 Å². The first-order valence-corrected chi connectivity index (χ1v) is 3.42. The zero-order valence-corrected chi connectivity index (χ0v) is 6.63. The van der Waals surface area contributed by atoms with Gasteiger partial charge in [0.15, 0.2) is 0 Å². The Balaban J connectivity index is 3.03. The average Bonchev–Trinajstić information content (AvgIpc) is 2.10. The normalized spacial score (nSPS) is 10.8. The summed E-state index contributed by atoms with van der Waals surface area (Å²) in [7, 11) is 0. The molecule has 1 heterocycles. The Morgan fingerprint density at radius 3 is 2.40 bits per heavy atom. The molecule has 0 fully saturated rings. The summed E-state index contributed by atoms with van der Waals surface area (Å²) >= 11 is 0. The number of anilines is 1. The van der Waals surface area contributed by atoms with Gasteiger partial charge in [0.1, 0.15) is 11.6 Å². The lowest BCUT2D eigenvalue weighted by Crippen LogP contribution is -2.00. The second-order valence-electron chi connectivity index (χ2n) is 2.71. The van der Waals surface area contributed by atoms with E-state index >= 15 is 0 Å². The van der Waals surface area contributed by atoms with E-state index in [9.17, 15) is 0 Å². The third-order valence-corrected chi connectivity index (χ3v) is 1.49. The van der Waals surface area contributed by atoms with Gasteiger partial charge in [0.05, 0.1) is 0 Å². The van der Waals surface area contributed by atoms with Crippen molar-refractivity contribution in [3.8, 4) is 0 Å². The SMILES string of the molecule is Cc1nc(N)cn1C(C)C. The zero-order chi connectivity index (χ0) is 7.72. The standard InChI is InChI=1S/C7H13N3/c1-5(2)10-4-7(8)9-6(10)3/h4-5H,8H2,1-3H3. The third-order valence-electron chi connectivity index (χ3n) is 1.49. The molecule has 0 atom stereocenters. The summed E-state index contributed by atoms with van der Waals surface area (Å²) < 4.78 is 2.05. The molecule has 10 heavy (non-hydrogen) atoms. The Morgan fingerprint density at radius 1 is 1.60 bits per heavy atom. The fraction of sp³-hybridized carbons (Fsp3) is 0.571. The van der Waals surface area contributed by atoms with E-state index in [1.165, 1.54) is 0 Å². The van der Waals surface area contributed by atoms with Crippen LogP contribution in [0.4, 0.5) is 5.82 Å². The molecule has 2 N–H and O–H groups in total. The first-order chi connectivity index (χ1) is 4.61. The highest BCUT2D eigenvalue weighted by molar-refractivity contribution is 5.25. The van der Waals surface area contributed by atoms with E-state index in [-0.39, 0.29) is 0 Å². The number of hydrogen-bond acceptors (Lipinski definition) is 2. The molecular formula is C7H13N3. The van der Waals surface area contributed by atoms with Gasteiger partial charge in [-0.05, 0) is 20.8 Å². The van der Waals surface area contributed by atoms with Crippen LogP contribution in [-0.2, 0) is 0 Å². The largest absolute Gasteiger partial charge is 0.382 e. The second-order valence-corrected chi connectivity index (χ2v) is 2.71. The molecule has 0 radical (unpaired) electrons. The van der Waals surface area contributed by atoms with Gasteiger partial charge in [0.25, 0.3) is 0 Å². The number of imidazole rings is 1. The van der Waals surface area contributed by atoms with Gasteiger partial charge in [0, 0.05) is 12.2 Å². The molecule has 0 amide bonds. The highest BCUT2D eigenvalue weighted by Gasteiger charge is 2.02. The molecule has 0 aliphatic carbocycles. The molecule has 0 saturated carbocycles. The molecule has 1 aromatic rings. The number of rotatable bonds is 1. The summed E-state index contributed by atoms with van der Waals surface area (Å²) in [6.45, 7) is 6.17. The number of aromatic nitrogens is 2. The molecule has 0 spiro atoms. The van der Waals surface area contributed by atoms with Gasteiger partial charge in [-0.15, -0.1) is 0 Å². The molecule has 0 aromatic carbocycles. The minimum atomic E-state index is 0.449. The lowest BCUT2D eigenvalue weighted by atomic mass is 10.4. The van der Waals surface area contributed by atoms with Gasteiger partial charge in [-0.25, -0.2) is 4.98 Å². The highest BCUT2D eigenvalue weighted by Crippen LogP contribution is 2.10. The van der Waals surface area contributed by atoms with Gasteiger partial charge in [-0.1, -0.05) is 0 Å². The van der Waals surface area contributed by atoms with Gasteiger partial charge in [0.2, 0.25) is 0 Å². The minimum absolute atomic E-state index is 0.449. The molecule has 0 aliphatic rings. The van der Waals surface area contributed by atoms with Crippen LogP contribution in [0.1, 0.15) is 25.7 Å². The van der Waals surface area contributed by atoms with E-state index in [0.717, 1.165) is 5.82 Å². The summed E-state index contributed by atoms with van der Waals surface area (Å²) in [6.07, 6.45) is 1.86. The first-order valence-electron chi connectivity index (χ1n) is 3.42. The lowest BCUT2D eigenvalue weighted by molar-refractivity contribution is 0.583. The van der Waals surface area contributed by atoms with Crippen molar-refractivity contribution in [2.45, 2.75) is 26.8 Å². The fourth-order valence-corrected chi connectivity index (χ4v) is 1.03. The second kappa shape index (κ2) is 2.33. The van der Waals surface area contributed by atoms with Crippen LogP contribution in [0.5, 0.6) is 0 Å². The molecule has 1 aromatic heterocycles. The smallest absolute Gasteiger partial charge is 0.141 e. The van der Waals surface area contributed by atoms with Crippen LogP contribution in [0.3, 0.4) is 0 Å². The van der Waals surface area contributed by atoms with Crippen LogP contribution in [0.2, 0.25) is 0 Å². The summed E-state index contributed by atoms with van der Waals surface area (Å²) in [5.41, 5.74) is 5.49. The number of nitrogens with zero attached hydrogens (tertiary/aromatic N) is 2. The van der Waals surface area contributed by atoms with Crippen LogP contribution >= 0.6 is 0 Å². The molecular weight excluding hydrogens is 126 g/mol. The Hall–Kier alpha value is -0.990. The topological polar surface area (TPSA) is 43.8 Å². The molecule has 3 nitrogen and oxygen atoms in total. The minimum Gasteiger partial charge on any atom is -0.382 e. The Morgan fingerprint density at radius 2 is 2.20 bits per heavy atom. The predicted octanol–water partition coefficient (Wildman–Crippen LogP) is 1.35. The quantitative estimate of drug-likeness (QED) is 0.638. The third kappa shape index (κ3) is 1.12. The van der Waals surface area contributed by atoms with Crippen LogP contribution in [0.15, 0.2) is 6.20 Å². The van der Waals surface area contributed by atoms with Crippen LogP contribution in [0.25, 0.3) is 0 Å². The Kier molecular flexibility index (Phi) is 1.66. The molecule has 1 rings (SSSR count). The molecule has 0 saturated heterocycles. The van der Waals surface area contributed by atoms with Crippen molar-refractivity contribution >= 4 is 5.82 Å². The van der Waals surface area contributed by atoms with Gasteiger partial charge in [-0.2, -0.15) is 0 Å². The van der Waals surface area contributed by atoms with Crippen molar-refractivity contribution < 1.29 is 0 Å². The maximum Gasteiger partial charge on any atom is 0.141 e. The molecule has 3 heteroatoms. The zero-order valence-electron chi connectivity index (χ0n) is 6.63. The summed E-state index contributed by atoms with van der Waals surface area (Å²) in [5.74, 6) is 1.58. The van der Waals surface area contributed by atoms with E-state index in [2.05, 4.69) is 23.4 Å². The molecule has 56 valence electrons. The molecule has 0 bridgehead atoms. The van der Waals surface area contributed by atoms with Gasteiger partial charge < -0.3 is 10.3 Å². The summed E-state index contributed by atoms with van der Waals surface area (Å²) in [5, 5.41) is 0. The average molecular weight is 139 g/mol. The van der Waals surface area contributed by atoms with Crippen LogP contribution < -0.4 is 5.73 Å². The molecule has 0 unspecified atom stereocenters. The number of hydrogen-bond donors (Lipinski definition) is 1. The summed E-state index contributed by atoms with van der Waals surface area (Å²) in [6, 6.07) is 0.449. The predicted molar refractivity (Wildman–Crippen MR) is 41.8 cm³/mol. The van der Waals surface area contributed by atoms with E-state index in [0.29, 0.717) is 11.9 Å². The fourth-order valence-electron chi connectivity index (χ4n) is 1.03. The van der Waals surface area contributed by atoms with E-state index in [1.807, 2.05) is 13.1 Å². The molecule has 0 aliphatic heterocycles. The van der Waals surface area contributed by atoms with Crippen molar-refractivity contribution in [2.75, 3.05) is 5.73 Å². The van der Waals surface area contributed by atoms with E-state index < -0.39 is 0 Å². The van der Waals surface area contributed by atoms with Crippen LogP contribution in [-0.4, -0.2) is 9.55 Å². The number of nitrogens with two attached hydrogens (primary N) is 1. The first kappa shape index (κ1) is 7.12.